The number of hydrogen-bond acceptors (Lipinski definition) is 5. The fourth-order valence-corrected chi connectivity index (χ4v) is 1.79. The number of nitrogens with zero attached hydrogens (tertiary/aromatic N) is 1. The second kappa shape index (κ2) is 5.49. The first-order valence-electron chi connectivity index (χ1n) is 5.82. The maximum Gasteiger partial charge on any atom is 0.339 e. The highest BCUT2D eigenvalue weighted by molar-refractivity contribution is 6.05. The molecule has 0 radical (unpaired) electrons. The Morgan fingerprint density at radius 1 is 1.19 bits per heavy atom. The number of phenols is 1. The van der Waals surface area contributed by atoms with Gasteiger partial charge in [-0.2, -0.15) is 0 Å². The minimum Gasteiger partial charge on any atom is -0.505 e. The van der Waals surface area contributed by atoms with Gasteiger partial charge >= 0.3 is 12.0 Å². The van der Waals surface area contributed by atoms with Gasteiger partial charge in [0.1, 0.15) is 18.7 Å². The fraction of sp³-hybridized carbons (Fsp3) is 0.167. The van der Waals surface area contributed by atoms with Gasteiger partial charge in [0, 0.05) is 0 Å². The number of imide groups is 1. The summed E-state index contributed by atoms with van der Waals surface area (Å²) in [6.07, 6.45) is 0. The summed E-state index contributed by atoms with van der Waals surface area (Å²) in [6.45, 7) is -0.617. The topological polar surface area (TPSA) is 136 Å². The lowest BCUT2D eigenvalue weighted by atomic mass is 10.1. The number of rotatable bonds is 2. The van der Waals surface area contributed by atoms with Crippen LogP contribution in [0, 0.1) is 0 Å². The van der Waals surface area contributed by atoms with Crippen molar-refractivity contribution in [2.75, 3.05) is 18.4 Å². The van der Waals surface area contributed by atoms with Crippen molar-refractivity contribution in [1.29, 1.82) is 0 Å². The number of aromatic carboxylic acids is 1. The molecule has 9 nitrogen and oxygen atoms in total. The normalized spacial score (nSPS) is 14.6. The van der Waals surface area contributed by atoms with Crippen LogP contribution in [0.25, 0.3) is 0 Å². The second-order valence-corrected chi connectivity index (χ2v) is 4.26. The number of amides is 4. The number of urea groups is 1. The Morgan fingerprint density at radius 2 is 1.81 bits per heavy atom. The van der Waals surface area contributed by atoms with Gasteiger partial charge in [-0.1, -0.05) is 6.07 Å². The quantitative estimate of drug-likeness (QED) is 0.432. The van der Waals surface area contributed by atoms with Crippen molar-refractivity contribution < 1.29 is 29.4 Å². The average molecular weight is 293 g/mol. The first-order valence-corrected chi connectivity index (χ1v) is 5.82. The second-order valence-electron chi connectivity index (χ2n) is 4.26. The molecule has 1 aliphatic rings. The Kier molecular flexibility index (Phi) is 3.74. The Labute approximate surface area is 118 Å². The van der Waals surface area contributed by atoms with Gasteiger partial charge in [-0.05, 0) is 12.1 Å². The molecule has 1 fully saturated rings. The standard InChI is InChI=1S/C12H11N3O6/c16-8-4-15(5-9(17)14-8)12(21)13-7-3-1-2-6(10(7)18)11(19)20/h1-3,18H,4-5H2,(H,13,21)(H,19,20)(H,14,16,17). The molecule has 0 unspecified atom stereocenters. The van der Waals surface area contributed by atoms with Crippen molar-refractivity contribution in [2.24, 2.45) is 0 Å². The summed E-state index contributed by atoms with van der Waals surface area (Å²) in [5, 5.41) is 22.9. The average Bonchev–Trinajstić information content (AvgIpc) is 2.39. The molecule has 1 aliphatic heterocycles. The number of carboxylic acid groups (broad SMARTS) is 1. The van der Waals surface area contributed by atoms with Crippen LogP contribution in [0.5, 0.6) is 5.75 Å². The number of carbonyl (C=O) groups excluding carboxylic acids is 3. The van der Waals surface area contributed by atoms with E-state index >= 15 is 0 Å². The zero-order valence-corrected chi connectivity index (χ0v) is 10.6. The van der Waals surface area contributed by atoms with Gasteiger partial charge in [0.25, 0.3) is 0 Å². The predicted molar refractivity (Wildman–Crippen MR) is 68.8 cm³/mol. The van der Waals surface area contributed by atoms with E-state index in [4.69, 9.17) is 5.11 Å². The van der Waals surface area contributed by atoms with Crippen molar-refractivity contribution in [2.45, 2.75) is 0 Å². The van der Waals surface area contributed by atoms with Gasteiger partial charge in [-0.15, -0.1) is 0 Å². The minimum atomic E-state index is -1.35. The lowest BCUT2D eigenvalue weighted by Gasteiger charge is -2.25. The van der Waals surface area contributed by atoms with Crippen molar-refractivity contribution in [3.05, 3.63) is 23.8 Å². The van der Waals surface area contributed by atoms with E-state index < -0.39 is 29.6 Å². The van der Waals surface area contributed by atoms with Crippen LogP contribution in [-0.2, 0) is 9.59 Å². The summed E-state index contributed by atoms with van der Waals surface area (Å²) >= 11 is 0. The molecule has 0 spiro atoms. The summed E-state index contributed by atoms with van der Waals surface area (Å²) in [5.74, 6) is -3.20. The number of carbonyl (C=O) groups is 4. The molecule has 21 heavy (non-hydrogen) atoms. The highest BCUT2D eigenvalue weighted by Gasteiger charge is 2.27. The van der Waals surface area contributed by atoms with Crippen molar-refractivity contribution in [3.63, 3.8) is 0 Å². The maximum atomic E-state index is 11.9. The molecule has 9 heteroatoms. The van der Waals surface area contributed by atoms with Gasteiger partial charge in [-0.3, -0.25) is 14.9 Å². The van der Waals surface area contributed by atoms with Gasteiger partial charge < -0.3 is 20.4 Å². The minimum absolute atomic E-state index is 0.127. The van der Waals surface area contributed by atoms with E-state index in [0.717, 1.165) is 4.90 Å². The summed E-state index contributed by atoms with van der Waals surface area (Å²) in [4.78, 5) is 46.1. The Hall–Kier alpha value is -3.10. The maximum absolute atomic E-state index is 11.9. The van der Waals surface area contributed by atoms with Crippen molar-refractivity contribution in [1.82, 2.24) is 10.2 Å². The summed E-state index contributed by atoms with van der Waals surface area (Å²) < 4.78 is 0. The number of para-hydroxylation sites is 1. The van der Waals surface area contributed by atoms with Crippen molar-refractivity contribution >= 4 is 29.5 Å². The first kappa shape index (κ1) is 14.3. The van der Waals surface area contributed by atoms with Crippen molar-refractivity contribution in [3.8, 4) is 5.75 Å². The molecule has 1 saturated heterocycles. The van der Waals surface area contributed by atoms with E-state index in [2.05, 4.69) is 5.32 Å². The highest BCUT2D eigenvalue weighted by Crippen LogP contribution is 2.27. The van der Waals surface area contributed by atoms with Crippen LogP contribution < -0.4 is 10.6 Å². The number of hydrogen-bond donors (Lipinski definition) is 4. The van der Waals surface area contributed by atoms with Crippen LogP contribution in [0.2, 0.25) is 0 Å². The number of piperazine rings is 1. The molecule has 0 atom stereocenters. The van der Waals surface area contributed by atoms with Gasteiger partial charge in [0.2, 0.25) is 11.8 Å². The molecule has 1 aromatic rings. The summed E-state index contributed by atoms with van der Waals surface area (Å²) in [6, 6.07) is 3.01. The molecule has 4 amide bonds. The van der Waals surface area contributed by atoms with E-state index in [0.29, 0.717) is 0 Å². The largest absolute Gasteiger partial charge is 0.505 e. The first-order chi connectivity index (χ1) is 9.88. The third kappa shape index (κ3) is 3.08. The summed E-state index contributed by atoms with van der Waals surface area (Å²) in [5.41, 5.74) is -0.501. The highest BCUT2D eigenvalue weighted by atomic mass is 16.4. The van der Waals surface area contributed by atoms with Crippen LogP contribution in [0.15, 0.2) is 18.2 Å². The molecule has 0 aliphatic carbocycles. The lowest BCUT2D eigenvalue weighted by molar-refractivity contribution is -0.134. The van der Waals surface area contributed by atoms with Crippen LogP contribution in [0.1, 0.15) is 10.4 Å². The molecular weight excluding hydrogens is 282 g/mol. The van der Waals surface area contributed by atoms with E-state index in [1.54, 1.807) is 0 Å². The fourth-order valence-electron chi connectivity index (χ4n) is 1.79. The Balaban J connectivity index is 2.16. The molecule has 4 N–H and O–H groups in total. The number of benzene rings is 1. The van der Waals surface area contributed by atoms with Crippen LogP contribution in [0.4, 0.5) is 10.5 Å². The zero-order chi connectivity index (χ0) is 15.6. The molecule has 0 bridgehead atoms. The number of nitrogens with one attached hydrogen (secondary N) is 2. The molecule has 1 aromatic carbocycles. The predicted octanol–water partition coefficient (Wildman–Crippen LogP) is -0.419. The number of carboxylic acids is 1. The third-order valence-corrected chi connectivity index (χ3v) is 2.74. The third-order valence-electron chi connectivity index (χ3n) is 2.74. The van der Waals surface area contributed by atoms with Gasteiger partial charge in [0.15, 0.2) is 5.75 Å². The van der Waals surface area contributed by atoms with E-state index in [1.807, 2.05) is 5.32 Å². The molecule has 0 aromatic heterocycles. The van der Waals surface area contributed by atoms with Gasteiger partial charge in [-0.25, -0.2) is 9.59 Å². The number of anilines is 1. The molecular formula is C12H11N3O6. The van der Waals surface area contributed by atoms with E-state index in [9.17, 15) is 24.3 Å². The monoisotopic (exact) mass is 293 g/mol. The molecule has 0 saturated carbocycles. The van der Waals surface area contributed by atoms with Gasteiger partial charge in [0.05, 0.1) is 5.69 Å². The zero-order valence-electron chi connectivity index (χ0n) is 10.6. The Morgan fingerprint density at radius 3 is 2.38 bits per heavy atom. The summed E-state index contributed by atoms with van der Waals surface area (Å²) in [7, 11) is 0. The smallest absolute Gasteiger partial charge is 0.339 e. The number of aromatic hydroxyl groups is 1. The molecule has 2 rings (SSSR count). The molecule has 110 valence electrons. The SMILES string of the molecule is O=C1CN(C(=O)Nc2cccc(C(=O)O)c2O)CC(=O)N1. The van der Waals surface area contributed by atoms with Crippen LogP contribution in [-0.4, -0.2) is 52.0 Å². The van der Waals surface area contributed by atoms with Crippen LogP contribution in [0.3, 0.4) is 0 Å². The Bertz CT molecular complexity index is 626. The van der Waals surface area contributed by atoms with E-state index in [1.165, 1.54) is 18.2 Å². The van der Waals surface area contributed by atoms with Crippen LogP contribution >= 0.6 is 0 Å². The lowest BCUT2D eigenvalue weighted by Crippen LogP contribution is -2.54. The van der Waals surface area contributed by atoms with E-state index in [-0.39, 0.29) is 24.3 Å². The molecule has 1 heterocycles.